The molecule has 84 valence electrons. The fraction of sp³-hybridized carbons (Fsp3) is 0.200. The van der Waals surface area contributed by atoms with Gasteiger partial charge in [0, 0.05) is 13.1 Å². The Morgan fingerprint density at radius 1 is 1.06 bits per heavy atom. The van der Waals surface area contributed by atoms with E-state index in [0.29, 0.717) is 0 Å². The number of carbonyl (C=O) groups is 2. The van der Waals surface area contributed by atoms with Crippen LogP contribution in [0, 0.1) is 0 Å². The van der Waals surface area contributed by atoms with Gasteiger partial charge in [0.05, 0.1) is 11.1 Å². The summed E-state index contributed by atoms with van der Waals surface area (Å²) in [5.74, 6) is -1.84. The number of hydrogen-bond donors (Lipinski definition) is 3. The van der Waals surface area contributed by atoms with Gasteiger partial charge in [-0.15, -0.1) is 0 Å². The van der Waals surface area contributed by atoms with Crippen LogP contribution < -0.4 is 5.73 Å². The van der Waals surface area contributed by atoms with Crippen LogP contribution >= 0.6 is 0 Å². The summed E-state index contributed by atoms with van der Waals surface area (Å²) in [6.45, 7) is 0.289. The molecule has 0 bridgehead atoms. The highest BCUT2D eigenvalue weighted by molar-refractivity contribution is 6.21. The van der Waals surface area contributed by atoms with Crippen molar-refractivity contribution in [2.45, 2.75) is 0 Å². The lowest BCUT2D eigenvalue weighted by Gasteiger charge is -2.10. The molecule has 1 aliphatic rings. The van der Waals surface area contributed by atoms with Gasteiger partial charge >= 0.3 is 0 Å². The molecular weight excluding hydrogens is 212 g/mol. The number of carbonyl (C=O) groups excluding carboxylic acids is 2. The van der Waals surface area contributed by atoms with E-state index in [2.05, 4.69) is 0 Å². The molecule has 0 radical (unpaired) electrons. The van der Waals surface area contributed by atoms with Gasteiger partial charge in [-0.3, -0.25) is 14.5 Å². The molecule has 0 atom stereocenters. The highest BCUT2D eigenvalue weighted by atomic mass is 16.3. The molecule has 4 N–H and O–H groups in total. The van der Waals surface area contributed by atoms with E-state index in [0.717, 1.165) is 17.0 Å². The third kappa shape index (κ3) is 1.31. The summed E-state index contributed by atoms with van der Waals surface area (Å²) in [5.41, 5.74) is 5.47. The maximum Gasteiger partial charge on any atom is 0.261 e. The second-order valence-corrected chi connectivity index (χ2v) is 3.44. The smallest absolute Gasteiger partial charge is 0.261 e. The average molecular weight is 222 g/mol. The largest absolute Gasteiger partial charge is 0.504 e. The van der Waals surface area contributed by atoms with E-state index < -0.39 is 23.3 Å². The van der Waals surface area contributed by atoms with Crippen molar-refractivity contribution in [2.75, 3.05) is 13.1 Å². The van der Waals surface area contributed by atoms with Gasteiger partial charge < -0.3 is 15.9 Å². The Labute approximate surface area is 90.9 Å². The maximum atomic E-state index is 11.7. The molecule has 0 fully saturated rings. The van der Waals surface area contributed by atoms with Crippen LogP contribution in [-0.2, 0) is 0 Å². The molecule has 1 aliphatic heterocycles. The number of phenols is 2. The fourth-order valence-electron chi connectivity index (χ4n) is 1.65. The van der Waals surface area contributed by atoms with Gasteiger partial charge in [0.1, 0.15) is 0 Å². The monoisotopic (exact) mass is 222 g/mol. The van der Waals surface area contributed by atoms with Crippen LogP contribution in [0.2, 0.25) is 0 Å². The van der Waals surface area contributed by atoms with E-state index in [-0.39, 0.29) is 24.2 Å². The number of nitrogens with zero attached hydrogens (tertiary/aromatic N) is 1. The summed E-state index contributed by atoms with van der Waals surface area (Å²) in [5, 5.41) is 18.5. The molecule has 2 amide bonds. The van der Waals surface area contributed by atoms with Crippen molar-refractivity contribution >= 4 is 11.8 Å². The Balaban J connectivity index is 2.51. The van der Waals surface area contributed by atoms with Crippen LogP contribution in [0.1, 0.15) is 20.7 Å². The molecule has 1 aromatic rings. The van der Waals surface area contributed by atoms with E-state index in [1.54, 1.807) is 0 Å². The van der Waals surface area contributed by atoms with Crippen LogP contribution in [0.3, 0.4) is 0 Å². The number of hydrogen-bond acceptors (Lipinski definition) is 5. The zero-order valence-corrected chi connectivity index (χ0v) is 8.30. The molecule has 1 heterocycles. The first-order chi connectivity index (χ1) is 7.56. The van der Waals surface area contributed by atoms with Crippen molar-refractivity contribution in [1.29, 1.82) is 0 Å². The molecule has 0 spiro atoms. The molecule has 6 heteroatoms. The third-order valence-corrected chi connectivity index (χ3v) is 2.42. The quantitative estimate of drug-likeness (QED) is 0.468. The number of rotatable bonds is 2. The molecular formula is C10H10N2O4. The first-order valence-corrected chi connectivity index (χ1v) is 4.68. The van der Waals surface area contributed by atoms with E-state index >= 15 is 0 Å². The first kappa shape index (κ1) is 10.4. The molecule has 0 saturated carbocycles. The first-order valence-electron chi connectivity index (χ1n) is 4.68. The number of phenolic OH excluding ortho intramolecular Hbond substituents is 2. The predicted octanol–water partition coefficient (Wildman–Crippen LogP) is -0.347. The Morgan fingerprint density at radius 3 is 1.88 bits per heavy atom. The minimum absolute atomic E-state index is 0.0914. The Hall–Kier alpha value is -2.08. The molecule has 16 heavy (non-hydrogen) atoms. The minimum atomic E-state index is -0.499. The van der Waals surface area contributed by atoms with Crippen molar-refractivity contribution in [3.8, 4) is 11.5 Å². The lowest BCUT2D eigenvalue weighted by molar-refractivity contribution is 0.0658. The summed E-state index contributed by atoms with van der Waals surface area (Å²) in [7, 11) is 0. The summed E-state index contributed by atoms with van der Waals surface area (Å²) in [4.78, 5) is 24.4. The Morgan fingerprint density at radius 2 is 1.50 bits per heavy atom. The zero-order valence-electron chi connectivity index (χ0n) is 8.30. The van der Waals surface area contributed by atoms with Crippen LogP contribution in [0.4, 0.5) is 0 Å². The van der Waals surface area contributed by atoms with Crippen LogP contribution in [-0.4, -0.2) is 40.0 Å². The number of benzene rings is 1. The maximum absolute atomic E-state index is 11.7. The van der Waals surface area contributed by atoms with Crippen LogP contribution in [0.25, 0.3) is 0 Å². The van der Waals surface area contributed by atoms with Crippen molar-refractivity contribution in [3.05, 3.63) is 23.3 Å². The second-order valence-electron chi connectivity index (χ2n) is 3.44. The third-order valence-electron chi connectivity index (χ3n) is 2.42. The van der Waals surface area contributed by atoms with E-state index in [4.69, 9.17) is 5.73 Å². The Kier molecular flexibility index (Phi) is 2.28. The summed E-state index contributed by atoms with van der Waals surface area (Å²) < 4.78 is 0. The number of imide groups is 1. The fourth-order valence-corrected chi connectivity index (χ4v) is 1.65. The Bertz CT molecular complexity index is 443. The van der Waals surface area contributed by atoms with Gasteiger partial charge in [-0.25, -0.2) is 0 Å². The van der Waals surface area contributed by atoms with E-state index in [1.807, 2.05) is 0 Å². The van der Waals surface area contributed by atoms with Gasteiger partial charge in [0.25, 0.3) is 11.8 Å². The summed E-state index contributed by atoms with van der Waals surface area (Å²) in [6, 6.07) is 2.17. The predicted molar refractivity (Wildman–Crippen MR) is 54.2 cm³/mol. The number of amides is 2. The van der Waals surface area contributed by atoms with E-state index in [1.165, 1.54) is 0 Å². The van der Waals surface area contributed by atoms with Crippen molar-refractivity contribution in [3.63, 3.8) is 0 Å². The van der Waals surface area contributed by atoms with Gasteiger partial charge in [-0.2, -0.15) is 0 Å². The molecule has 1 aromatic carbocycles. The highest BCUT2D eigenvalue weighted by Crippen LogP contribution is 2.33. The van der Waals surface area contributed by atoms with Gasteiger partial charge in [-0.05, 0) is 12.1 Å². The van der Waals surface area contributed by atoms with E-state index in [9.17, 15) is 19.8 Å². The van der Waals surface area contributed by atoms with Gasteiger partial charge in [-0.1, -0.05) is 0 Å². The standard InChI is InChI=1S/C10H10N2O4/c11-1-2-12-9(15)5-3-7(13)8(14)4-6(5)10(12)16/h3-4,13-14H,1-2,11H2. The lowest BCUT2D eigenvalue weighted by atomic mass is 10.1. The molecule has 0 aromatic heterocycles. The van der Waals surface area contributed by atoms with Crippen LogP contribution in [0.5, 0.6) is 11.5 Å². The van der Waals surface area contributed by atoms with Gasteiger partial charge in [0.2, 0.25) is 0 Å². The van der Waals surface area contributed by atoms with Gasteiger partial charge in [0.15, 0.2) is 11.5 Å². The number of aromatic hydroxyl groups is 2. The topological polar surface area (TPSA) is 104 Å². The lowest BCUT2D eigenvalue weighted by Crippen LogP contribution is -2.34. The summed E-state index contributed by atoms with van der Waals surface area (Å²) in [6.07, 6.45) is 0. The molecule has 0 saturated heterocycles. The normalized spacial score (nSPS) is 14.4. The SMILES string of the molecule is NCCN1C(=O)c2cc(O)c(O)cc2C1=O. The minimum Gasteiger partial charge on any atom is -0.504 e. The zero-order chi connectivity index (χ0) is 11.9. The van der Waals surface area contributed by atoms with Crippen LogP contribution in [0.15, 0.2) is 12.1 Å². The molecule has 0 aliphatic carbocycles. The molecule has 2 rings (SSSR count). The van der Waals surface area contributed by atoms with Crippen molar-refractivity contribution < 1.29 is 19.8 Å². The van der Waals surface area contributed by atoms with Crippen molar-refractivity contribution in [1.82, 2.24) is 4.90 Å². The number of fused-ring (bicyclic) bond motifs is 1. The second kappa shape index (κ2) is 3.49. The summed E-state index contributed by atoms with van der Waals surface area (Å²) >= 11 is 0. The number of nitrogens with two attached hydrogens (primary N) is 1. The molecule has 6 nitrogen and oxygen atoms in total. The average Bonchev–Trinajstić information content (AvgIpc) is 2.46. The molecule has 0 unspecified atom stereocenters. The van der Waals surface area contributed by atoms with Crippen molar-refractivity contribution in [2.24, 2.45) is 5.73 Å². The highest BCUT2D eigenvalue weighted by Gasteiger charge is 2.35.